The van der Waals surface area contributed by atoms with E-state index in [1.54, 1.807) is 12.1 Å². The van der Waals surface area contributed by atoms with E-state index >= 15 is 0 Å². The van der Waals surface area contributed by atoms with Crippen molar-refractivity contribution in [2.45, 2.75) is 18.9 Å². The second-order valence-corrected chi connectivity index (χ2v) is 4.42. The minimum absolute atomic E-state index is 0.0708. The number of benzene rings is 1. The molecule has 0 aliphatic heterocycles. The smallest absolute Gasteiger partial charge is 0.115 e. The van der Waals surface area contributed by atoms with Gasteiger partial charge in [-0.25, -0.2) is 0 Å². The van der Waals surface area contributed by atoms with Crippen molar-refractivity contribution in [3.63, 3.8) is 0 Å². The molecule has 2 nitrogen and oxygen atoms in total. The van der Waals surface area contributed by atoms with Crippen LogP contribution in [0, 0.1) is 5.92 Å². The number of rotatable bonds is 2. The highest BCUT2D eigenvalue weighted by Gasteiger charge is 2.30. The SMILES string of the molecule is N[C@@H](c1cc(O)ccc1Br)C1CC1. The molecule has 1 aromatic rings. The van der Waals surface area contributed by atoms with Crippen LogP contribution in [0.5, 0.6) is 5.75 Å². The summed E-state index contributed by atoms with van der Waals surface area (Å²) in [6.07, 6.45) is 2.42. The van der Waals surface area contributed by atoms with Gasteiger partial charge in [0.1, 0.15) is 5.75 Å². The molecule has 1 fully saturated rings. The van der Waals surface area contributed by atoms with Gasteiger partial charge in [0.15, 0.2) is 0 Å². The maximum Gasteiger partial charge on any atom is 0.115 e. The summed E-state index contributed by atoms with van der Waals surface area (Å²) in [5.74, 6) is 0.896. The first-order valence-corrected chi connectivity index (χ1v) is 5.22. The highest BCUT2D eigenvalue weighted by Crippen LogP contribution is 2.42. The number of halogens is 1. The molecule has 1 aromatic carbocycles. The Hall–Kier alpha value is -0.540. The molecule has 70 valence electrons. The summed E-state index contributed by atoms with van der Waals surface area (Å²) in [5.41, 5.74) is 7.05. The Balaban J connectivity index is 2.31. The summed E-state index contributed by atoms with van der Waals surface area (Å²) in [5, 5.41) is 9.31. The van der Waals surface area contributed by atoms with Gasteiger partial charge < -0.3 is 10.8 Å². The van der Waals surface area contributed by atoms with E-state index in [4.69, 9.17) is 5.73 Å². The molecular formula is C10H12BrNO. The zero-order valence-corrected chi connectivity index (χ0v) is 8.79. The van der Waals surface area contributed by atoms with E-state index in [9.17, 15) is 5.11 Å². The number of nitrogens with two attached hydrogens (primary N) is 1. The van der Waals surface area contributed by atoms with Gasteiger partial charge in [0.05, 0.1) is 0 Å². The van der Waals surface area contributed by atoms with Gasteiger partial charge in [0.2, 0.25) is 0 Å². The second kappa shape index (κ2) is 3.31. The monoisotopic (exact) mass is 241 g/mol. The average molecular weight is 242 g/mol. The van der Waals surface area contributed by atoms with Crippen LogP contribution in [-0.4, -0.2) is 5.11 Å². The number of hydrogen-bond donors (Lipinski definition) is 2. The number of phenolic OH excluding ortho intramolecular Hbond substituents is 1. The van der Waals surface area contributed by atoms with Gasteiger partial charge in [-0.15, -0.1) is 0 Å². The molecule has 3 N–H and O–H groups in total. The zero-order valence-electron chi connectivity index (χ0n) is 7.20. The van der Waals surface area contributed by atoms with Gasteiger partial charge in [-0.2, -0.15) is 0 Å². The van der Waals surface area contributed by atoms with Crippen molar-refractivity contribution in [2.75, 3.05) is 0 Å². The van der Waals surface area contributed by atoms with Crippen LogP contribution in [0.1, 0.15) is 24.4 Å². The molecule has 1 saturated carbocycles. The molecular weight excluding hydrogens is 230 g/mol. The largest absolute Gasteiger partial charge is 0.508 e. The predicted octanol–water partition coefficient (Wildman–Crippen LogP) is 2.56. The highest BCUT2D eigenvalue weighted by molar-refractivity contribution is 9.10. The van der Waals surface area contributed by atoms with E-state index in [0.29, 0.717) is 5.92 Å². The van der Waals surface area contributed by atoms with E-state index in [1.807, 2.05) is 6.07 Å². The van der Waals surface area contributed by atoms with Crippen LogP contribution in [0.2, 0.25) is 0 Å². The summed E-state index contributed by atoms with van der Waals surface area (Å²) < 4.78 is 0.990. The van der Waals surface area contributed by atoms with Crippen LogP contribution < -0.4 is 5.73 Å². The van der Waals surface area contributed by atoms with Gasteiger partial charge in [-0.1, -0.05) is 15.9 Å². The predicted molar refractivity (Wildman–Crippen MR) is 55.5 cm³/mol. The average Bonchev–Trinajstić information content (AvgIpc) is 2.91. The lowest BCUT2D eigenvalue weighted by Gasteiger charge is -2.12. The lowest BCUT2D eigenvalue weighted by molar-refractivity contribution is 0.472. The summed E-state index contributed by atoms with van der Waals surface area (Å²) in [4.78, 5) is 0. The van der Waals surface area contributed by atoms with E-state index in [2.05, 4.69) is 15.9 Å². The molecule has 13 heavy (non-hydrogen) atoms. The van der Waals surface area contributed by atoms with Gasteiger partial charge in [0, 0.05) is 10.5 Å². The van der Waals surface area contributed by atoms with Crippen LogP contribution in [0.15, 0.2) is 22.7 Å². The fraction of sp³-hybridized carbons (Fsp3) is 0.400. The third-order valence-electron chi connectivity index (χ3n) is 2.47. The van der Waals surface area contributed by atoms with Crippen LogP contribution in [0.3, 0.4) is 0 Å². The Morgan fingerprint density at radius 2 is 2.15 bits per heavy atom. The summed E-state index contributed by atoms with van der Waals surface area (Å²) in [6.45, 7) is 0. The zero-order chi connectivity index (χ0) is 9.42. The summed E-state index contributed by atoms with van der Waals surface area (Å²) in [6, 6.07) is 5.31. The molecule has 0 amide bonds. The third kappa shape index (κ3) is 1.86. The van der Waals surface area contributed by atoms with E-state index in [0.717, 1.165) is 10.0 Å². The van der Waals surface area contributed by atoms with Crippen LogP contribution >= 0.6 is 15.9 Å². The van der Waals surface area contributed by atoms with Crippen molar-refractivity contribution in [3.05, 3.63) is 28.2 Å². The molecule has 0 saturated heterocycles. The summed E-state index contributed by atoms with van der Waals surface area (Å²) in [7, 11) is 0. The fourth-order valence-electron chi connectivity index (χ4n) is 1.50. The maximum atomic E-state index is 9.31. The van der Waals surface area contributed by atoms with Crippen molar-refractivity contribution in [3.8, 4) is 5.75 Å². The molecule has 0 radical (unpaired) electrons. The molecule has 1 aliphatic carbocycles. The van der Waals surface area contributed by atoms with Crippen molar-refractivity contribution in [2.24, 2.45) is 11.7 Å². The maximum absolute atomic E-state index is 9.31. The van der Waals surface area contributed by atoms with E-state index < -0.39 is 0 Å². The van der Waals surface area contributed by atoms with Crippen LogP contribution in [0.4, 0.5) is 0 Å². The summed E-state index contributed by atoms with van der Waals surface area (Å²) >= 11 is 3.44. The Kier molecular flexibility index (Phi) is 2.30. The fourth-order valence-corrected chi connectivity index (χ4v) is 2.01. The topological polar surface area (TPSA) is 46.2 Å². The molecule has 1 atom stereocenters. The molecule has 0 spiro atoms. The first kappa shape index (κ1) is 9.03. The molecule has 2 rings (SSSR count). The molecule has 0 bridgehead atoms. The van der Waals surface area contributed by atoms with Crippen LogP contribution in [0.25, 0.3) is 0 Å². The Morgan fingerprint density at radius 3 is 2.77 bits per heavy atom. The number of phenols is 1. The molecule has 1 aliphatic rings. The van der Waals surface area contributed by atoms with Crippen molar-refractivity contribution in [1.29, 1.82) is 0 Å². The Morgan fingerprint density at radius 1 is 1.46 bits per heavy atom. The molecule has 0 aromatic heterocycles. The second-order valence-electron chi connectivity index (χ2n) is 3.57. The highest BCUT2D eigenvalue weighted by atomic mass is 79.9. The van der Waals surface area contributed by atoms with E-state index in [-0.39, 0.29) is 11.8 Å². The first-order valence-electron chi connectivity index (χ1n) is 4.42. The van der Waals surface area contributed by atoms with Gasteiger partial charge in [-0.05, 0) is 42.5 Å². The molecule has 3 heteroatoms. The Bertz CT molecular complexity index is 323. The van der Waals surface area contributed by atoms with Crippen molar-refractivity contribution >= 4 is 15.9 Å². The minimum Gasteiger partial charge on any atom is -0.508 e. The van der Waals surface area contributed by atoms with E-state index in [1.165, 1.54) is 12.8 Å². The standard InChI is InChI=1S/C10H12BrNO/c11-9-4-3-7(13)5-8(9)10(12)6-1-2-6/h3-6,10,13H,1-2,12H2/t10-/m1/s1. The molecule has 0 unspecified atom stereocenters. The third-order valence-corrected chi connectivity index (χ3v) is 3.19. The number of aromatic hydroxyl groups is 1. The van der Waals surface area contributed by atoms with Gasteiger partial charge in [0.25, 0.3) is 0 Å². The van der Waals surface area contributed by atoms with Crippen molar-refractivity contribution < 1.29 is 5.11 Å². The van der Waals surface area contributed by atoms with Crippen molar-refractivity contribution in [1.82, 2.24) is 0 Å². The molecule has 0 heterocycles. The first-order chi connectivity index (χ1) is 6.18. The Labute approximate surface area is 85.9 Å². The lowest BCUT2D eigenvalue weighted by atomic mass is 10.0. The normalized spacial score (nSPS) is 18.6. The lowest BCUT2D eigenvalue weighted by Crippen LogP contribution is -2.12. The quantitative estimate of drug-likeness (QED) is 0.837. The minimum atomic E-state index is 0.0708. The van der Waals surface area contributed by atoms with Crippen LogP contribution in [-0.2, 0) is 0 Å². The van der Waals surface area contributed by atoms with Gasteiger partial charge >= 0.3 is 0 Å². The van der Waals surface area contributed by atoms with Gasteiger partial charge in [-0.3, -0.25) is 0 Å². The number of hydrogen-bond acceptors (Lipinski definition) is 2.